The lowest BCUT2D eigenvalue weighted by atomic mass is 10.0. The average Bonchev–Trinajstić information content (AvgIpc) is 3.25. The van der Waals surface area contributed by atoms with Crippen LogP contribution in [0.2, 0.25) is 0 Å². The number of rotatable bonds is 9. The number of halogens is 2. The van der Waals surface area contributed by atoms with Crippen LogP contribution in [0.4, 0.5) is 19.4 Å². The van der Waals surface area contributed by atoms with Crippen LogP contribution in [0, 0.1) is 11.8 Å². The lowest BCUT2D eigenvalue weighted by molar-refractivity contribution is -0.0222. The van der Waals surface area contributed by atoms with E-state index in [0.717, 1.165) is 12.8 Å². The third-order valence-electron chi connectivity index (χ3n) is 5.92. The molecule has 0 aromatic carbocycles. The van der Waals surface area contributed by atoms with Crippen LogP contribution in [0.1, 0.15) is 58.8 Å². The van der Waals surface area contributed by atoms with E-state index in [1.807, 2.05) is 13.8 Å². The van der Waals surface area contributed by atoms with E-state index in [4.69, 9.17) is 9.47 Å². The van der Waals surface area contributed by atoms with Crippen LogP contribution < -0.4 is 19.7 Å². The van der Waals surface area contributed by atoms with Crippen molar-refractivity contribution in [1.82, 2.24) is 15.3 Å². The van der Waals surface area contributed by atoms with Gasteiger partial charge in [-0.25, -0.2) is 18.6 Å². The molecule has 0 bridgehead atoms. The van der Waals surface area contributed by atoms with Gasteiger partial charge >= 0.3 is 6.09 Å². The molecule has 3 rings (SSSR count). The number of anilines is 1. The molecule has 1 aliphatic heterocycles. The smallest absolute Gasteiger partial charge is 0.414 e. The van der Waals surface area contributed by atoms with E-state index in [2.05, 4.69) is 15.3 Å². The summed E-state index contributed by atoms with van der Waals surface area (Å²) in [5.74, 6) is -1.43. The highest BCUT2D eigenvalue weighted by atomic mass is 19.3. The summed E-state index contributed by atoms with van der Waals surface area (Å²) in [7, 11) is 0. The number of alkyl halides is 2. The lowest BCUT2D eigenvalue weighted by Crippen LogP contribution is -2.40. The van der Waals surface area contributed by atoms with Crippen molar-refractivity contribution < 1.29 is 28.2 Å². The van der Waals surface area contributed by atoms with E-state index in [-0.39, 0.29) is 44.3 Å². The first-order valence-electron chi connectivity index (χ1n) is 11.5. The zero-order valence-corrected chi connectivity index (χ0v) is 18.9. The highest BCUT2D eigenvalue weighted by Crippen LogP contribution is 2.34. The Morgan fingerprint density at radius 1 is 1.31 bits per heavy atom. The Balaban J connectivity index is 1.70. The van der Waals surface area contributed by atoms with Crippen molar-refractivity contribution in [2.24, 2.45) is 11.8 Å². The fourth-order valence-corrected chi connectivity index (χ4v) is 4.17. The van der Waals surface area contributed by atoms with Crippen LogP contribution in [-0.4, -0.2) is 59.4 Å². The normalized spacial score (nSPS) is 19.8. The Morgan fingerprint density at radius 3 is 2.62 bits per heavy atom. The number of nitrogens with zero attached hydrogens (tertiary/aromatic N) is 3. The van der Waals surface area contributed by atoms with Crippen LogP contribution in [0.25, 0.3) is 0 Å². The maximum atomic E-state index is 13.6. The monoisotopic (exact) mass is 456 g/mol. The van der Waals surface area contributed by atoms with Crippen molar-refractivity contribution in [2.75, 3.05) is 31.2 Å². The topological polar surface area (TPSA) is 96.8 Å². The van der Waals surface area contributed by atoms with Gasteiger partial charge in [-0.1, -0.05) is 26.7 Å². The number of aliphatic hydroxyl groups is 1. The minimum atomic E-state index is -2.67. The first kappa shape index (κ1) is 24.4. The first-order chi connectivity index (χ1) is 15.3. The van der Waals surface area contributed by atoms with Gasteiger partial charge in [-0.15, -0.1) is 0 Å². The van der Waals surface area contributed by atoms with Crippen molar-refractivity contribution in [3.63, 3.8) is 0 Å². The van der Waals surface area contributed by atoms with E-state index < -0.39 is 18.1 Å². The van der Waals surface area contributed by atoms with E-state index in [0.29, 0.717) is 30.7 Å². The van der Waals surface area contributed by atoms with Crippen LogP contribution in [0.5, 0.6) is 11.8 Å². The van der Waals surface area contributed by atoms with Crippen LogP contribution in [0.15, 0.2) is 6.20 Å². The molecule has 1 saturated heterocycles. The van der Waals surface area contributed by atoms with Gasteiger partial charge in [-0.3, -0.25) is 0 Å². The standard InChI is InChI=1S/C22H34F2N4O4/c1-15(2)11-17(13-29)26-21(30)32-18-12-25-19(28-9-7-22(23,24)8-10-28)20(27-18)31-14-16-5-3-4-6-16/h12,15-17,29H,3-11,13-14H2,1-2H3,(H,26,30)/t17-/m0/s1. The Hall–Kier alpha value is -2.23. The summed E-state index contributed by atoms with van der Waals surface area (Å²) in [4.78, 5) is 22.6. The molecule has 1 atom stereocenters. The zero-order valence-electron chi connectivity index (χ0n) is 18.9. The van der Waals surface area contributed by atoms with Gasteiger partial charge in [0.2, 0.25) is 5.88 Å². The maximum absolute atomic E-state index is 13.6. The van der Waals surface area contributed by atoms with Crippen molar-refractivity contribution >= 4 is 11.9 Å². The second-order valence-electron chi connectivity index (χ2n) is 9.18. The Morgan fingerprint density at radius 2 is 2.00 bits per heavy atom. The zero-order chi connectivity index (χ0) is 23.1. The fraction of sp³-hybridized carbons (Fsp3) is 0.773. The van der Waals surface area contributed by atoms with Gasteiger partial charge in [0, 0.05) is 25.9 Å². The van der Waals surface area contributed by atoms with Crippen molar-refractivity contribution in [2.45, 2.75) is 70.8 Å². The molecule has 1 aromatic heterocycles. The van der Waals surface area contributed by atoms with Crippen LogP contribution >= 0.6 is 0 Å². The number of aliphatic hydroxyl groups excluding tert-OH is 1. The molecule has 2 fully saturated rings. The molecule has 2 heterocycles. The van der Waals surface area contributed by atoms with Crippen LogP contribution in [-0.2, 0) is 0 Å². The van der Waals surface area contributed by atoms with Crippen molar-refractivity contribution in [3.8, 4) is 11.8 Å². The molecule has 32 heavy (non-hydrogen) atoms. The molecule has 2 aliphatic rings. The Kier molecular flexibility index (Phi) is 8.44. The predicted octanol–water partition coefficient (Wildman–Crippen LogP) is 3.78. The van der Waals surface area contributed by atoms with Gasteiger partial charge < -0.3 is 24.8 Å². The number of aromatic nitrogens is 2. The summed E-state index contributed by atoms with van der Waals surface area (Å²) in [6.07, 6.45) is 5.13. The number of piperidine rings is 1. The SMILES string of the molecule is CC(C)C[C@@H](CO)NC(=O)Oc1cnc(N2CCC(F)(F)CC2)c(OCC2CCCC2)n1. The molecule has 0 radical (unpaired) electrons. The summed E-state index contributed by atoms with van der Waals surface area (Å²) in [6, 6.07) is -0.428. The highest BCUT2D eigenvalue weighted by molar-refractivity contribution is 5.70. The number of carbonyl (C=O) groups excluding carboxylic acids is 1. The Bertz CT molecular complexity index is 749. The first-order valence-corrected chi connectivity index (χ1v) is 11.5. The quantitative estimate of drug-likeness (QED) is 0.584. The van der Waals surface area contributed by atoms with E-state index >= 15 is 0 Å². The van der Waals surface area contributed by atoms with Gasteiger partial charge in [0.25, 0.3) is 11.8 Å². The molecular formula is C22H34F2N4O4. The second kappa shape index (κ2) is 11.1. The van der Waals surface area contributed by atoms with E-state index in [9.17, 15) is 18.7 Å². The molecule has 180 valence electrons. The third kappa shape index (κ3) is 7.15. The van der Waals surface area contributed by atoms with E-state index in [1.165, 1.54) is 19.0 Å². The largest absolute Gasteiger partial charge is 0.475 e. The third-order valence-corrected chi connectivity index (χ3v) is 5.92. The maximum Gasteiger partial charge on any atom is 0.414 e. The summed E-state index contributed by atoms with van der Waals surface area (Å²) >= 11 is 0. The molecule has 2 N–H and O–H groups in total. The number of ether oxygens (including phenoxy) is 2. The summed E-state index contributed by atoms with van der Waals surface area (Å²) < 4.78 is 38.4. The summed E-state index contributed by atoms with van der Waals surface area (Å²) in [6.45, 7) is 4.54. The minimum absolute atomic E-state index is 0.0451. The van der Waals surface area contributed by atoms with E-state index in [1.54, 1.807) is 4.90 Å². The number of hydrogen-bond acceptors (Lipinski definition) is 7. The molecule has 10 heteroatoms. The van der Waals surface area contributed by atoms with Gasteiger partial charge in [0.1, 0.15) is 0 Å². The number of hydrogen-bond donors (Lipinski definition) is 2. The van der Waals surface area contributed by atoms with Gasteiger partial charge in [0.15, 0.2) is 5.82 Å². The number of amides is 1. The summed E-state index contributed by atoms with van der Waals surface area (Å²) in [5, 5.41) is 12.1. The fourth-order valence-electron chi connectivity index (χ4n) is 4.17. The van der Waals surface area contributed by atoms with Crippen LogP contribution in [0.3, 0.4) is 0 Å². The molecule has 8 nitrogen and oxygen atoms in total. The number of carbonyl (C=O) groups is 1. The molecule has 1 amide bonds. The number of nitrogens with one attached hydrogen (secondary N) is 1. The predicted molar refractivity (Wildman–Crippen MR) is 115 cm³/mol. The average molecular weight is 457 g/mol. The molecular weight excluding hydrogens is 422 g/mol. The summed E-state index contributed by atoms with van der Waals surface area (Å²) in [5.41, 5.74) is 0. The van der Waals surface area contributed by atoms with Gasteiger partial charge in [-0.05, 0) is 31.1 Å². The molecule has 1 aliphatic carbocycles. The molecule has 0 spiro atoms. The van der Waals surface area contributed by atoms with Crippen molar-refractivity contribution in [1.29, 1.82) is 0 Å². The lowest BCUT2D eigenvalue weighted by Gasteiger charge is -2.33. The van der Waals surface area contributed by atoms with Gasteiger partial charge in [0.05, 0.1) is 25.5 Å². The van der Waals surface area contributed by atoms with Gasteiger partial charge in [-0.2, -0.15) is 4.98 Å². The Labute approximate surface area is 187 Å². The molecule has 1 aromatic rings. The molecule has 1 saturated carbocycles. The van der Waals surface area contributed by atoms with Crippen molar-refractivity contribution in [3.05, 3.63) is 6.20 Å². The second-order valence-corrected chi connectivity index (χ2v) is 9.18. The minimum Gasteiger partial charge on any atom is -0.475 e. The molecule has 0 unspecified atom stereocenters. The highest BCUT2D eigenvalue weighted by Gasteiger charge is 2.35.